The van der Waals surface area contributed by atoms with E-state index >= 15 is 0 Å². The third kappa shape index (κ3) is 3.10. The number of nitrogens with zero attached hydrogens (tertiary/aromatic N) is 2. The minimum absolute atomic E-state index is 0.461. The number of rotatable bonds is 2. The van der Waals surface area contributed by atoms with Crippen molar-refractivity contribution in [1.82, 2.24) is 4.90 Å². The van der Waals surface area contributed by atoms with Crippen LogP contribution in [0.15, 0.2) is 12.1 Å². The molecule has 1 aliphatic heterocycles. The summed E-state index contributed by atoms with van der Waals surface area (Å²) >= 11 is 0. The molecule has 19 heavy (non-hydrogen) atoms. The van der Waals surface area contributed by atoms with Gasteiger partial charge in [0.2, 0.25) is 0 Å². The van der Waals surface area contributed by atoms with Crippen LogP contribution in [0.2, 0.25) is 0 Å². The minimum Gasteiger partial charge on any atom is -0.369 e. The third-order valence-electron chi connectivity index (χ3n) is 4.22. The van der Waals surface area contributed by atoms with Gasteiger partial charge in [-0.2, -0.15) is 0 Å². The highest BCUT2D eigenvalue weighted by Crippen LogP contribution is 2.27. The van der Waals surface area contributed by atoms with E-state index in [1.165, 1.54) is 28.8 Å². The monoisotopic (exact) mass is 261 g/mol. The van der Waals surface area contributed by atoms with Crippen LogP contribution in [0.25, 0.3) is 0 Å². The molecule has 1 fully saturated rings. The molecule has 1 aliphatic rings. The first-order chi connectivity index (χ1) is 9.02. The summed E-state index contributed by atoms with van der Waals surface area (Å²) in [6, 6.07) is 5.03. The summed E-state index contributed by atoms with van der Waals surface area (Å²) in [6.07, 6.45) is 1.21. The van der Waals surface area contributed by atoms with Gasteiger partial charge in [0.15, 0.2) is 0 Å². The predicted octanol–water partition coefficient (Wildman–Crippen LogP) is 2.08. The molecular weight excluding hydrogens is 234 g/mol. The van der Waals surface area contributed by atoms with Crippen molar-refractivity contribution in [3.8, 4) is 0 Å². The van der Waals surface area contributed by atoms with Crippen LogP contribution in [-0.4, -0.2) is 44.2 Å². The van der Waals surface area contributed by atoms with E-state index in [2.05, 4.69) is 49.8 Å². The highest BCUT2D eigenvalue weighted by molar-refractivity contribution is 5.60. The highest BCUT2D eigenvalue weighted by atomic mass is 15.2. The molecule has 1 aromatic carbocycles. The minimum atomic E-state index is 0.461. The summed E-state index contributed by atoms with van der Waals surface area (Å²) in [4.78, 5) is 4.93. The molecule has 1 saturated heterocycles. The molecule has 1 aromatic rings. The lowest BCUT2D eigenvalue weighted by molar-refractivity contribution is 0.266. The van der Waals surface area contributed by atoms with Crippen LogP contribution in [0, 0.1) is 20.8 Å². The van der Waals surface area contributed by atoms with Gasteiger partial charge in [0.25, 0.3) is 0 Å². The second-order valence-electron chi connectivity index (χ2n) is 5.92. The number of anilines is 1. The molecule has 1 atom stereocenters. The molecule has 0 radical (unpaired) electrons. The van der Waals surface area contributed by atoms with Crippen LogP contribution in [0.4, 0.5) is 5.69 Å². The van der Waals surface area contributed by atoms with E-state index in [-0.39, 0.29) is 0 Å². The Kier molecular flexibility index (Phi) is 4.48. The van der Waals surface area contributed by atoms with Gasteiger partial charge in [0.05, 0.1) is 0 Å². The normalized spacial score (nSPS) is 21.5. The molecule has 0 bridgehead atoms. The van der Waals surface area contributed by atoms with Crippen molar-refractivity contribution in [1.29, 1.82) is 0 Å². The number of hydrogen-bond donors (Lipinski definition) is 1. The average molecular weight is 261 g/mol. The Hall–Kier alpha value is -1.06. The SMILES string of the molecule is Cc1cc(C)c(N2CCCN(C)C(CN)C2)c(C)c1. The molecule has 3 heteroatoms. The summed E-state index contributed by atoms with van der Waals surface area (Å²) < 4.78 is 0. The Labute approximate surface area is 117 Å². The van der Waals surface area contributed by atoms with E-state index < -0.39 is 0 Å². The standard InChI is InChI=1S/C16H27N3/c1-12-8-13(2)16(14(3)9-12)19-7-5-6-18(4)15(10-17)11-19/h8-9,15H,5-7,10-11,17H2,1-4H3. The molecule has 0 amide bonds. The van der Waals surface area contributed by atoms with Crippen LogP contribution in [0.5, 0.6) is 0 Å². The molecule has 1 unspecified atom stereocenters. The zero-order valence-corrected chi connectivity index (χ0v) is 12.7. The van der Waals surface area contributed by atoms with Crippen LogP contribution in [0.3, 0.4) is 0 Å². The van der Waals surface area contributed by atoms with Gasteiger partial charge in [-0.1, -0.05) is 17.7 Å². The van der Waals surface area contributed by atoms with Crippen molar-refractivity contribution in [2.45, 2.75) is 33.2 Å². The van der Waals surface area contributed by atoms with Gasteiger partial charge in [0, 0.05) is 31.4 Å². The Morgan fingerprint density at radius 2 is 1.79 bits per heavy atom. The van der Waals surface area contributed by atoms with E-state index in [9.17, 15) is 0 Å². The maximum Gasteiger partial charge on any atom is 0.0426 e. The van der Waals surface area contributed by atoms with Gasteiger partial charge in [0.1, 0.15) is 0 Å². The molecule has 106 valence electrons. The lowest BCUT2D eigenvalue weighted by Crippen LogP contribution is -2.44. The summed E-state index contributed by atoms with van der Waals surface area (Å²) in [5, 5.41) is 0. The Morgan fingerprint density at radius 3 is 2.37 bits per heavy atom. The topological polar surface area (TPSA) is 32.5 Å². The Bertz CT molecular complexity index is 419. The first kappa shape index (κ1) is 14.4. The van der Waals surface area contributed by atoms with Crippen molar-refractivity contribution in [3.05, 3.63) is 28.8 Å². The van der Waals surface area contributed by atoms with Crippen molar-refractivity contribution >= 4 is 5.69 Å². The number of benzene rings is 1. The zero-order chi connectivity index (χ0) is 14.0. The first-order valence-electron chi connectivity index (χ1n) is 7.26. The molecule has 3 nitrogen and oxygen atoms in total. The molecule has 0 aromatic heterocycles. The largest absolute Gasteiger partial charge is 0.369 e. The van der Waals surface area contributed by atoms with Gasteiger partial charge in [-0.05, 0) is 51.9 Å². The molecule has 2 rings (SSSR count). The summed E-state index contributed by atoms with van der Waals surface area (Å²) in [6.45, 7) is 10.7. The van der Waals surface area contributed by atoms with Crippen LogP contribution < -0.4 is 10.6 Å². The maximum atomic E-state index is 5.94. The summed E-state index contributed by atoms with van der Waals surface area (Å²) in [7, 11) is 2.19. The van der Waals surface area contributed by atoms with Crippen molar-refractivity contribution in [3.63, 3.8) is 0 Å². The fourth-order valence-corrected chi connectivity index (χ4v) is 3.31. The second kappa shape index (κ2) is 5.93. The number of aryl methyl sites for hydroxylation is 3. The molecule has 2 N–H and O–H groups in total. The van der Waals surface area contributed by atoms with Crippen LogP contribution in [-0.2, 0) is 0 Å². The summed E-state index contributed by atoms with van der Waals surface area (Å²) in [5.41, 5.74) is 11.5. The van der Waals surface area contributed by atoms with E-state index in [0.29, 0.717) is 6.04 Å². The Morgan fingerprint density at radius 1 is 1.16 bits per heavy atom. The Balaban J connectivity index is 2.30. The van der Waals surface area contributed by atoms with E-state index in [4.69, 9.17) is 5.73 Å². The van der Waals surface area contributed by atoms with Gasteiger partial charge in [-0.15, -0.1) is 0 Å². The second-order valence-corrected chi connectivity index (χ2v) is 5.92. The fourth-order valence-electron chi connectivity index (χ4n) is 3.31. The molecule has 0 spiro atoms. The smallest absolute Gasteiger partial charge is 0.0426 e. The molecule has 0 aliphatic carbocycles. The van der Waals surface area contributed by atoms with Gasteiger partial charge >= 0.3 is 0 Å². The van der Waals surface area contributed by atoms with Crippen molar-refractivity contribution in [2.75, 3.05) is 38.1 Å². The first-order valence-corrected chi connectivity index (χ1v) is 7.26. The molecule has 0 saturated carbocycles. The predicted molar refractivity (Wildman–Crippen MR) is 83.0 cm³/mol. The van der Waals surface area contributed by atoms with Gasteiger partial charge < -0.3 is 15.5 Å². The van der Waals surface area contributed by atoms with Gasteiger partial charge in [-0.3, -0.25) is 0 Å². The number of nitrogens with two attached hydrogens (primary N) is 1. The van der Waals surface area contributed by atoms with E-state index in [1.54, 1.807) is 0 Å². The van der Waals surface area contributed by atoms with E-state index in [1.807, 2.05) is 0 Å². The van der Waals surface area contributed by atoms with E-state index in [0.717, 1.165) is 26.2 Å². The fraction of sp³-hybridized carbons (Fsp3) is 0.625. The maximum absolute atomic E-state index is 5.94. The molecular formula is C16H27N3. The third-order valence-corrected chi connectivity index (χ3v) is 4.22. The van der Waals surface area contributed by atoms with Crippen LogP contribution in [0.1, 0.15) is 23.1 Å². The van der Waals surface area contributed by atoms with Gasteiger partial charge in [-0.25, -0.2) is 0 Å². The van der Waals surface area contributed by atoms with Crippen molar-refractivity contribution < 1.29 is 0 Å². The average Bonchev–Trinajstić information content (AvgIpc) is 2.50. The highest BCUT2D eigenvalue weighted by Gasteiger charge is 2.23. The van der Waals surface area contributed by atoms with Crippen LogP contribution >= 0.6 is 0 Å². The summed E-state index contributed by atoms with van der Waals surface area (Å²) in [5.74, 6) is 0. The molecule has 1 heterocycles. The lowest BCUT2D eigenvalue weighted by atomic mass is 10.0. The van der Waals surface area contributed by atoms with Crippen molar-refractivity contribution in [2.24, 2.45) is 5.73 Å². The quantitative estimate of drug-likeness (QED) is 0.885. The lowest BCUT2D eigenvalue weighted by Gasteiger charge is -2.31. The zero-order valence-electron chi connectivity index (χ0n) is 12.7. The number of hydrogen-bond acceptors (Lipinski definition) is 3. The number of likely N-dealkylation sites (N-methyl/N-ethyl adjacent to an activating group) is 1.